The number of aryl methyl sites for hydroxylation is 1. The van der Waals surface area contributed by atoms with Crippen LogP contribution in [0.1, 0.15) is 11.1 Å². The number of nitrogens with zero attached hydrogens (tertiary/aromatic N) is 1. The van der Waals surface area contributed by atoms with Gasteiger partial charge in [0.2, 0.25) is 0 Å². The molecular weight excluding hydrogens is 218 g/mol. The van der Waals surface area contributed by atoms with E-state index in [2.05, 4.69) is 10.2 Å². The van der Waals surface area contributed by atoms with Crippen molar-refractivity contribution in [2.75, 3.05) is 12.8 Å². The van der Waals surface area contributed by atoms with Crippen molar-refractivity contribution in [1.29, 1.82) is 0 Å². The van der Waals surface area contributed by atoms with Gasteiger partial charge in [0.15, 0.2) is 11.5 Å². The Morgan fingerprint density at radius 1 is 1.35 bits per heavy atom. The lowest BCUT2D eigenvalue weighted by Gasteiger charge is -2.13. The molecule has 0 fully saturated rings. The second-order valence-electron chi connectivity index (χ2n) is 3.95. The Morgan fingerprint density at radius 3 is 2.59 bits per heavy atom. The number of ether oxygens (including phenoxy) is 1. The first kappa shape index (κ1) is 11.3. The molecule has 1 aromatic heterocycles. The summed E-state index contributed by atoms with van der Waals surface area (Å²) in [5.41, 5.74) is 9.01. The van der Waals surface area contributed by atoms with Crippen molar-refractivity contribution < 1.29 is 9.84 Å². The number of phenols is 1. The Hall–Kier alpha value is -2.17. The second kappa shape index (κ2) is 4.01. The highest BCUT2D eigenvalue weighted by atomic mass is 16.5. The molecule has 0 saturated heterocycles. The summed E-state index contributed by atoms with van der Waals surface area (Å²) in [5, 5.41) is 16.6. The van der Waals surface area contributed by atoms with Crippen LogP contribution in [0.15, 0.2) is 12.3 Å². The van der Waals surface area contributed by atoms with Gasteiger partial charge in [0.25, 0.3) is 0 Å². The Balaban J connectivity index is 2.74. The van der Waals surface area contributed by atoms with Crippen molar-refractivity contribution in [3.8, 4) is 22.6 Å². The highest BCUT2D eigenvalue weighted by Gasteiger charge is 2.17. The number of anilines is 1. The molecule has 0 spiro atoms. The predicted octanol–water partition coefficient (Wildman–Crippen LogP) is 1.99. The molecular formula is C12H15N3O2. The first-order valence-electron chi connectivity index (χ1n) is 5.22. The maximum absolute atomic E-state index is 10.1. The van der Waals surface area contributed by atoms with Crippen LogP contribution in [0.4, 0.5) is 5.82 Å². The summed E-state index contributed by atoms with van der Waals surface area (Å²) in [4.78, 5) is 0. The number of aromatic amines is 1. The molecule has 0 aliphatic rings. The Kier molecular flexibility index (Phi) is 2.67. The van der Waals surface area contributed by atoms with Crippen LogP contribution in [0.5, 0.6) is 11.5 Å². The van der Waals surface area contributed by atoms with Crippen LogP contribution in [-0.2, 0) is 0 Å². The molecule has 0 saturated carbocycles. The van der Waals surface area contributed by atoms with Gasteiger partial charge in [-0.3, -0.25) is 5.10 Å². The molecule has 5 heteroatoms. The molecule has 0 amide bonds. The highest BCUT2D eigenvalue weighted by molar-refractivity contribution is 5.81. The summed E-state index contributed by atoms with van der Waals surface area (Å²) in [5.74, 6) is 1.01. The minimum atomic E-state index is 0.142. The monoisotopic (exact) mass is 233 g/mol. The van der Waals surface area contributed by atoms with E-state index in [0.29, 0.717) is 11.6 Å². The number of phenolic OH excluding ortho intramolecular Hbond substituents is 1. The summed E-state index contributed by atoms with van der Waals surface area (Å²) in [6.07, 6.45) is 1.61. The van der Waals surface area contributed by atoms with E-state index in [1.807, 2.05) is 19.9 Å². The number of nitrogen functional groups attached to an aromatic ring is 1. The van der Waals surface area contributed by atoms with Crippen LogP contribution in [0.2, 0.25) is 0 Å². The Bertz CT molecular complexity index is 561. The van der Waals surface area contributed by atoms with Crippen molar-refractivity contribution in [1.82, 2.24) is 10.2 Å². The fourth-order valence-electron chi connectivity index (χ4n) is 1.79. The molecule has 4 N–H and O–H groups in total. The molecule has 0 aliphatic heterocycles. The predicted molar refractivity (Wildman–Crippen MR) is 66.1 cm³/mol. The number of hydrogen-bond acceptors (Lipinski definition) is 4. The first-order chi connectivity index (χ1) is 8.06. The van der Waals surface area contributed by atoms with Crippen molar-refractivity contribution in [3.05, 3.63) is 23.4 Å². The van der Waals surface area contributed by atoms with E-state index in [4.69, 9.17) is 10.5 Å². The average molecular weight is 233 g/mol. The smallest absolute Gasteiger partial charge is 0.168 e. The number of benzene rings is 1. The molecule has 2 rings (SSSR count). The molecule has 0 atom stereocenters. The number of aromatic hydroxyl groups is 1. The first-order valence-corrected chi connectivity index (χ1v) is 5.22. The van der Waals surface area contributed by atoms with Gasteiger partial charge in [-0.2, -0.15) is 5.10 Å². The molecule has 17 heavy (non-hydrogen) atoms. The van der Waals surface area contributed by atoms with Gasteiger partial charge >= 0.3 is 0 Å². The van der Waals surface area contributed by atoms with Gasteiger partial charge < -0.3 is 15.6 Å². The minimum absolute atomic E-state index is 0.142. The third kappa shape index (κ3) is 1.69. The van der Waals surface area contributed by atoms with E-state index in [9.17, 15) is 5.11 Å². The Labute approximate surface area is 99.2 Å². The van der Waals surface area contributed by atoms with Crippen molar-refractivity contribution >= 4 is 5.82 Å². The molecule has 1 heterocycles. The standard InChI is InChI=1S/C12H15N3O2/c1-6-4-8(9-5-14-15-12(9)13)11(17-3)10(16)7(6)2/h4-5,16H,1-3H3,(H3,13,14,15). The van der Waals surface area contributed by atoms with Crippen molar-refractivity contribution in [3.63, 3.8) is 0 Å². The minimum Gasteiger partial charge on any atom is -0.504 e. The number of nitrogens with one attached hydrogen (secondary N) is 1. The maximum Gasteiger partial charge on any atom is 0.168 e. The largest absolute Gasteiger partial charge is 0.504 e. The maximum atomic E-state index is 10.1. The van der Waals surface area contributed by atoms with E-state index in [1.165, 1.54) is 7.11 Å². The number of H-pyrrole nitrogens is 1. The van der Waals surface area contributed by atoms with E-state index >= 15 is 0 Å². The Morgan fingerprint density at radius 2 is 2.06 bits per heavy atom. The summed E-state index contributed by atoms with van der Waals surface area (Å²) in [7, 11) is 1.52. The van der Waals surface area contributed by atoms with Crippen LogP contribution in [0.25, 0.3) is 11.1 Å². The molecule has 0 bridgehead atoms. The summed E-state index contributed by atoms with van der Waals surface area (Å²) in [6, 6.07) is 1.93. The zero-order chi connectivity index (χ0) is 12.6. The van der Waals surface area contributed by atoms with E-state index in [-0.39, 0.29) is 5.75 Å². The van der Waals surface area contributed by atoms with E-state index < -0.39 is 0 Å². The molecule has 90 valence electrons. The van der Waals surface area contributed by atoms with Gasteiger partial charge in [-0.05, 0) is 31.0 Å². The van der Waals surface area contributed by atoms with E-state index in [1.54, 1.807) is 6.20 Å². The zero-order valence-corrected chi connectivity index (χ0v) is 10.0. The van der Waals surface area contributed by atoms with Crippen LogP contribution in [0, 0.1) is 13.8 Å². The number of hydrogen-bond donors (Lipinski definition) is 3. The normalized spacial score (nSPS) is 10.5. The zero-order valence-electron chi connectivity index (χ0n) is 10.0. The topological polar surface area (TPSA) is 84.2 Å². The average Bonchev–Trinajstić information content (AvgIpc) is 2.72. The van der Waals surface area contributed by atoms with Gasteiger partial charge in [0.05, 0.1) is 13.3 Å². The van der Waals surface area contributed by atoms with Crippen LogP contribution < -0.4 is 10.5 Å². The van der Waals surface area contributed by atoms with Gasteiger partial charge in [-0.1, -0.05) is 0 Å². The number of methoxy groups -OCH3 is 1. The van der Waals surface area contributed by atoms with Crippen LogP contribution in [-0.4, -0.2) is 22.4 Å². The van der Waals surface area contributed by atoms with Gasteiger partial charge in [-0.25, -0.2) is 0 Å². The molecule has 2 aromatic rings. The van der Waals surface area contributed by atoms with Crippen LogP contribution >= 0.6 is 0 Å². The van der Waals surface area contributed by atoms with E-state index in [0.717, 1.165) is 22.3 Å². The molecule has 0 radical (unpaired) electrons. The molecule has 0 unspecified atom stereocenters. The highest BCUT2D eigenvalue weighted by Crippen LogP contribution is 2.42. The number of aromatic nitrogens is 2. The lowest BCUT2D eigenvalue weighted by Crippen LogP contribution is -1.95. The molecule has 5 nitrogen and oxygen atoms in total. The number of nitrogens with two attached hydrogens (primary N) is 1. The summed E-state index contributed by atoms with van der Waals surface area (Å²) < 4.78 is 5.24. The third-order valence-electron chi connectivity index (χ3n) is 2.93. The van der Waals surface area contributed by atoms with Crippen molar-refractivity contribution in [2.45, 2.75) is 13.8 Å². The summed E-state index contributed by atoms with van der Waals surface area (Å²) >= 11 is 0. The van der Waals surface area contributed by atoms with Gasteiger partial charge in [0.1, 0.15) is 5.82 Å². The number of rotatable bonds is 2. The molecule has 1 aromatic carbocycles. The lowest BCUT2D eigenvalue weighted by molar-refractivity contribution is 0.373. The third-order valence-corrected chi connectivity index (χ3v) is 2.93. The second-order valence-corrected chi connectivity index (χ2v) is 3.95. The molecule has 0 aliphatic carbocycles. The van der Waals surface area contributed by atoms with Crippen LogP contribution in [0.3, 0.4) is 0 Å². The quantitative estimate of drug-likeness (QED) is 0.740. The van der Waals surface area contributed by atoms with Gasteiger partial charge in [0, 0.05) is 11.1 Å². The fraction of sp³-hybridized carbons (Fsp3) is 0.250. The lowest BCUT2D eigenvalue weighted by atomic mass is 9.99. The summed E-state index contributed by atoms with van der Waals surface area (Å²) in [6.45, 7) is 3.77. The van der Waals surface area contributed by atoms with Crippen molar-refractivity contribution in [2.24, 2.45) is 0 Å². The SMILES string of the molecule is COc1c(-c2cn[nH]c2N)cc(C)c(C)c1O. The fourth-order valence-corrected chi connectivity index (χ4v) is 1.79. The van der Waals surface area contributed by atoms with Gasteiger partial charge in [-0.15, -0.1) is 0 Å².